The molecule has 2 atom stereocenters. The van der Waals surface area contributed by atoms with Crippen LogP contribution in [-0.4, -0.2) is 19.7 Å². The minimum absolute atomic E-state index is 0.152. The summed E-state index contributed by atoms with van der Waals surface area (Å²) >= 11 is 12.6. The molecule has 1 heterocycles. The Morgan fingerprint density at radius 2 is 2.00 bits per heavy atom. The van der Waals surface area contributed by atoms with Crippen molar-refractivity contribution in [2.75, 3.05) is 13.7 Å². The lowest BCUT2D eigenvalue weighted by atomic mass is 9.92. The van der Waals surface area contributed by atoms with Gasteiger partial charge in [0.15, 0.2) is 0 Å². The van der Waals surface area contributed by atoms with E-state index in [0.717, 1.165) is 42.8 Å². The van der Waals surface area contributed by atoms with E-state index >= 15 is 0 Å². The zero-order valence-corrected chi connectivity index (χ0v) is 15.2. The second-order valence-electron chi connectivity index (χ2n) is 6.02. The summed E-state index contributed by atoms with van der Waals surface area (Å²) < 4.78 is 5.44. The van der Waals surface area contributed by atoms with Gasteiger partial charge in [-0.3, -0.25) is 0 Å². The van der Waals surface area contributed by atoms with Gasteiger partial charge in [-0.15, -0.1) is 0 Å². The molecule has 24 heavy (non-hydrogen) atoms. The SMILES string of the molecule is COc1ccccc1CNC1CCCNC1c1cccc(Cl)c1Cl. The Hall–Kier alpha value is -1.26. The first-order chi connectivity index (χ1) is 11.7. The number of ether oxygens (including phenoxy) is 1. The van der Waals surface area contributed by atoms with E-state index in [1.807, 2.05) is 30.3 Å². The molecule has 3 nitrogen and oxygen atoms in total. The van der Waals surface area contributed by atoms with Crippen LogP contribution in [0.15, 0.2) is 42.5 Å². The fourth-order valence-corrected chi connectivity index (χ4v) is 3.71. The highest BCUT2D eigenvalue weighted by Gasteiger charge is 2.28. The first-order valence-electron chi connectivity index (χ1n) is 8.23. The summed E-state index contributed by atoms with van der Waals surface area (Å²) in [6, 6.07) is 14.4. The van der Waals surface area contributed by atoms with Gasteiger partial charge in [-0.05, 0) is 37.1 Å². The molecule has 0 aromatic heterocycles. The standard InChI is InChI=1S/C19H22Cl2N2O/c1-24-17-10-3-2-6-13(17)12-23-16-9-5-11-22-19(16)14-7-4-8-15(20)18(14)21/h2-4,6-8,10,16,19,22-23H,5,9,11-12H2,1H3. The first kappa shape index (κ1) is 17.6. The zero-order valence-electron chi connectivity index (χ0n) is 13.7. The third-order valence-electron chi connectivity index (χ3n) is 4.52. The number of piperidine rings is 1. The summed E-state index contributed by atoms with van der Waals surface area (Å²) in [6.45, 7) is 1.74. The van der Waals surface area contributed by atoms with Crippen LogP contribution in [0, 0.1) is 0 Å². The smallest absolute Gasteiger partial charge is 0.123 e. The van der Waals surface area contributed by atoms with Gasteiger partial charge in [0.2, 0.25) is 0 Å². The number of nitrogens with one attached hydrogen (secondary N) is 2. The zero-order chi connectivity index (χ0) is 16.9. The number of methoxy groups -OCH3 is 1. The summed E-state index contributed by atoms with van der Waals surface area (Å²) in [5, 5.41) is 8.49. The lowest BCUT2D eigenvalue weighted by Crippen LogP contribution is -2.45. The lowest BCUT2D eigenvalue weighted by molar-refractivity contribution is 0.303. The highest BCUT2D eigenvalue weighted by atomic mass is 35.5. The molecule has 2 N–H and O–H groups in total. The molecule has 128 valence electrons. The minimum atomic E-state index is 0.152. The molecule has 1 fully saturated rings. The first-order valence-corrected chi connectivity index (χ1v) is 8.99. The van der Waals surface area contributed by atoms with Gasteiger partial charge in [-0.2, -0.15) is 0 Å². The maximum absolute atomic E-state index is 6.44. The van der Waals surface area contributed by atoms with Crippen molar-refractivity contribution in [3.8, 4) is 5.75 Å². The van der Waals surface area contributed by atoms with Crippen LogP contribution in [0.1, 0.15) is 30.0 Å². The van der Waals surface area contributed by atoms with Gasteiger partial charge in [0.1, 0.15) is 5.75 Å². The van der Waals surface area contributed by atoms with Gasteiger partial charge >= 0.3 is 0 Å². The van der Waals surface area contributed by atoms with E-state index in [2.05, 4.69) is 22.8 Å². The molecule has 5 heteroatoms. The largest absolute Gasteiger partial charge is 0.496 e. The van der Waals surface area contributed by atoms with E-state index < -0.39 is 0 Å². The van der Waals surface area contributed by atoms with Crippen LogP contribution >= 0.6 is 23.2 Å². The average molecular weight is 365 g/mol. The van der Waals surface area contributed by atoms with E-state index in [1.54, 1.807) is 7.11 Å². The van der Waals surface area contributed by atoms with Crippen LogP contribution in [0.25, 0.3) is 0 Å². The summed E-state index contributed by atoms with van der Waals surface area (Å²) in [4.78, 5) is 0. The highest BCUT2D eigenvalue weighted by Crippen LogP contribution is 2.34. The lowest BCUT2D eigenvalue weighted by Gasteiger charge is -2.34. The number of hydrogen-bond acceptors (Lipinski definition) is 3. The van der Waals surface area contributed by atoms with E-state index in [9.17, 15) is 0 Å². The Balaban J connectivity index is 1.76. The molecule has 0 amide bonds. The Labute approximate surface area is 153 Å². The van der Waals surface area contributed by atoms with Gasteiger partial charge in [0, 0.05) is 24.2 Å². The summed E-state index contributed by atoms with van der Waals surface area (Å²) in [6.07, 6.45) is 2.23. The third-order valence-corrected chi connectivity index (χ3v) is 5.36. The molecule has 1 aliphatic rings. The fourth-order valence-electron chi connectivity index (χ4n) is 3.29. The maximum atomic E-state index is 6.44. The highest BCUT2D eigenvalue weighted by molar-refractivity contribution is 6.42. The molecule has 1 saturated heterocycles. The number of benzene rings is 2. The second-order valence-corrected chi connectivity index (χ2v) is 6.80. The molecule has 0 spiro atoms. The molecule has 0 radical (unpaired) electrons. The van der Waals surface area contributed by atoms with Crippen LogP contribution in [0.4, 0.5) is 0 Å². The Morgan fingerprint density at radius 3 is 2.83 bits per heavy atom. The van der Waals surface area contributed by atoms with Crippen LogP contribution in [0.3, 0.4) is 0 Å². The van der Waals surface area contributed by atoms with Gasteiger partial charge in [-0.25, -0.2) is 0 Å². The Kier molecular flexibility index (Phi) is 6.01. The van der Waals surface area contributed by atoms with Crippen molar-refractivity contribution in [2.24, 2.45) is 0 Å². The normalized spacial score (nSPS) is 20.8. The molecule has 2 aromatic rings. The van der Waals surface area contributed by atoms with E-state index in [1.165, 1.54) is 0 Å². The molecule has 3 rings (SSSR count). The second kappa shape index (κ2) is 8.21. The van der Waals surface area contributed by atoms with Crippen molar-refractivity contribution >= 4 is 23.2 Å². The van der Waals surface area contributed by atoms with Gasteiger partial charge < -0.3 is 15.4 Å². The number of hydrogen-bond donors (Lipinski definition) is 2. The number of para-hydroxylation sites is 1. The van der Waals surface area contributed by atoms with Crippen LogP contribution in [0.2, 0.25) is 10.0 Å². The van der Waals surface area contributed by atoms with Crippen molar-refractivity contribution in [3.63, 3.8) is 0 Å². The number of halogens is 2. The molecular formula is C19H22Cl2N2O. The van der Waals surface area contributed by atoms with Gasteiger partial charge in [0.05, 0.1) is 17.2 Å². The van der Waals surface area contributed by atoms with Crippen molar-refractivity contribution in [3.05, 3.63) is 63.6 Å². The number of rotatable bonds is 5. The quantitative estimate of drug-likeness (QED) is 0.814. The van der Waals surface area contributed by atoms with Gasteiger partial charge in [-0.1, -0.05) is 53.5 Å². The van der Waals surface area contributed by atoms with E-state index in [0.29, 0.717) is 16.1 Å². The summed E-state index contributed by atoms with van der Waals surface area (Å²) in [5.41, 5.74) is 2.21. The monoisotopic (exact) mass is 364 g/mol. The van der Waals surface area contributed by atoms with Crippen molar-refractivity contribution < 1.29 is 4.74 Å². The van der Waals surface area contributed by atoms with Crippen molar-refractivity contribution in [1.82, 2.24) is 10.6 Å². The maximum Gasteiger partial charge on any atom is 0.123 e. The molecule has 2 unspecified atom stereocenters. The predicted octanol–water partition coefficient (Wildman–Crippen LogP) is 4.58. The van der Waals surface area contributed by atoms with Crippen LogP contribution in [-0.2, 0) is 6.54 Å². The summed E-state index contributed by atoms with van der Waals surface area (Å²) in [5.74, 6) is 0.908. The third kappa shape index (κ3) is 3.86. The predicted molar refractivity (Wildman–Crippen MR) is 100 cm³/mol. The Bertz CT molecular complexity index is 693. The average Bonchev–Trinajstić information content (AvgIpc) is 2.63. The molecule has 0 bridgehead atoms. The van der Waals surface area contributed by atoms with Crippen LogP contribution in [0.5, 0.6) is 5.75 Å². The molecule has 1 aliphatic heterocycles. The van der Waals surface area contributed by atoms with Gasteiger partial charge in [0.25, 0.3) is 0 Å². The van der Waals surface area contributed by atoms with Crippen molar-refractivity contribution in [2.45, 2.75) is 31.5 Å². The van der Waals surface area contributed by atoms with Crippen LogP contribution < -0.4 is 15.4 Å². The van der Waals surface area contributed by atoms with E-state index in [4.69, 9.17) is 27.9 Å². The molecule has 0 aliphatic carbocycles. The summed E-state index contributed by atoms with van der Waals surface area (Å²) in [7, 11) is 1.70. The topological polar surface area (TPSA) is 33.3 Å². The van der Waals surface area contributed by atoms with Crippen molar-refractivity contribution in [1.29, 1.82) is 0 Å². The molecule has 0 saturated carbocycles. The fraction of sp³-hybridized carbons (Fsp3) is 0.368. The molecular weight excluding hydrogens is 343 g/mol. The molecule has 2 aromatic carbocycles. The minimum Gasteiger partial charge on any atom is -0.496 e. The Morgan fingerprint density at radius 1 is 1.17 bits per heavy atom. The van der Waals surface area contributed by atoms with E-state index in [-0.39, 0.29) is 6.04 Å².